The van der Waals surface area contributed by atoms with Crippen LogP contribution in [0.15, 0.2) is 122 Å². The zero-order chi connectivity index (χ0) is 70.9. The summed E-state index contributed by atoms with van der Waals surface area (Å²) in [6.07, 6.45) is 84.4. The summed E-state index contributed by atoms with van der Waals surface area (Å²) in [6.45, 7) is 2.41. The van der Waals surface area contributed by atoms with Gasteiger partial charge in [0.15, 0.2) is 6.10 Å². The highest BCUT2D eigenvalue weighted by Gasteiger charge is 2.29. The minimum absolute atomic E-state index is 0.0800. The lowest BCUT2D eigenvalue weighted by Gasteiger charge is -2.21. The van der Waals surface area contributed by atoms with Gasteiger partial charge in [-0.2, -0.15) is 0 Å². The molecule has 0 fully saturated rings. The average molecular weight is 1400 g/mol. The molecule has 0 saturated carbocycles. The summed E-state index contributed by atoms with van der Waals surface area (Å²) in [4.78, 5) is 58.3. The number of aliphatic hydroxyl groups is 2. The van der Waals surface area contributed by atoms with Crippen LogP contribution in [0.2, 0.25) is 0 Å². The van der Waals surface area contributed by atoms with Crippen molar-refractivity contribution in [1.82, 2.24) is 0 Å². The molecule has 16 nitrogen and oxygen atoms in total. The Labute approximate surface area is 589 Å². The van der Waals surface area contributed by atoms with Crippen LogP contribution >= 0.6 is 15.6 Å². The summed E-state index contributed by atoms with van der Waals surface area (Å²) in [5.41, 5.74) is 0. The van der Waals surface area contributed by atoms with Crippen LogP contribution in [0.3, 0.4) is 0 Å². The van der Waals surface area contributed by atoms with Gasteiger partial charge in [-0.05, 0) is 122 Å². The second-order valence-electron chi connectivity index (χ2n) is 25.1. The van der Waals surface area contributed by atoms with Crippen molar-refractivity contribution in [2.75, 3.05) is 39.6 Å². The number of allylic oxidation sites excluding steroid dienone is 20. The van der Waals surface area contributed by atoms with Crippen molar-refractivity contribution < 1.29 is 75.8 Å². The topological polar surface area (TPSA) is 231 Å². The van der Waals surface area contributed by atoms with Gasteiger partial charge < -0.3 is 34.2 Å². The first kappa shape index (κ1) is 93.0. The van der Waals surface area contributed by atoms with E-state index in [1.54, 1.807) is 0 Å². The van der Waals surface area contributed by atoms with Crippen LogP contribution in [0.4, 0.5) is 0 Å². The molecular formula is C79H136O16P2. The van der Waals surface area contributed by atoms with E-state index in [9.17, 15) is 43.5 Å². The smallest absolute Gasteiger partial charge is 0.463 e. The summed E-state index contributed by atoms with van der Waals surface area (Å²) >= 11 is 0. The largest absolute Gasteiger partial charge is 0.472 e. The Balaban J connectivity index is 4.37. The number of hydrogen-bond donors (Lipinski definition) is 4. The van der Waals surface area contributed by atoms with E-state index in [0.717, 1.165) is 109 Å². The number of hydrogen-bond acceptors (Lipinski definition) is 14. The zero-order valence-electron chi connectivity index (χ0n) is 60.7. The zero-order valence-corrected chi connectivity index (χ0v) is 62.5. The van der Waals surface area contributed by atoms with Crippen LogP contribution < -0.4 is 0 Å². The Morgan fingerprint density at radius 3 is 0.948 bits per heavy atom. The van der Waals surface area contributed by atoms with Crippen molar-refractivity contribution >= 4 is 33.6 Å². The maximum atomic E-state index is 12.9. The molecule has 0 aliphatic heterocycles. The number of rotatable bonds is 71. The Morgan fingerprint density at radius 1 is 0.299 bits per heavy atom. The first-order chi connectivity index (χ1) is 47.2. The lowest BCUT2D eigenvalue weighted by molar-refractivity contribution is -0.161. The highest BCUT2D eigenvalue weighted by atomic mass is 31.2. The number of phosphoric acid groups is 2. The molecule has 0 bridgehead atoms. The number of unbranched alkanes of at least 4 members (excludes halogenated alkanes) is 28. The second kappa shape index (κ2) is 71.8. The van der Waals surface area contributed by atoms with Crippen LogP contribution in [-0.2, 0) is 55.8 Å². The highest BCUT2D eigenvalue weighted by Crippen LogP contribution is 2.45. The van der Waals surface area contributed by atoms with Crippen LogP contribution in [0.25, 0.3) is 0 Å². The average Bonchev–Trinajstić information content (AvgIpc) is 2.60. The maximum absolute atomic E-state index is 12.9. The lowest BCUT2D eigenvalue weighted by atomic mass is 10.0. The van der Waals surface area contributed by atoms with Gasteiger partial charge in [0.2, 0.25) is 0 Å². The molecule has 0 radical (unpaired) electrons. The first-order valence-corrected chi connectivity index (χ1v) is 40.8. The monoisotopic (exact) mass is 1400 g/mol. The predicted octanol–water partition coefficient (Wildman–Crippen LogP) is 21.8. The van der Waals surface area contributed by atoms with Crippen molar-refractivity contribution in [3.05, 3.63) is 122 Å². The molecule has 0 amide bonds. The molecular weight excluding hydrogens is 1270 g/mol. The fourth-order valence-corrected chi connectivity index (χ4v) is 11.5. The van der Waals surface area contributed by atoms with Crippen LogP contribution in [0.1, 0.15) is 303 Å². The fourth-order valence-electron chi connectivity index (χ4n) is 9.87. The van der Waals surface area contributed by atoms with Crippen molar-refractivity contribution in [1.29, 1.82) is 0 Å². The molecule has 0 saturated heterocycles. The highest BCUT2D eigenvalue weighted by molar-refractivity contribution is 7.47. The van der Waals surface area contributed by atoms with E-state index >= 15 is 0 Å². The third-order valence-electron chi connectivity index (χ3n) is 15.6. The van der Waals surface area contributed by atoms with E-state index in [0.29, 0.717) is 25.7 Å². The Kier molecular flexibility index (Phi) is 68.8. The van der Waals surface area contributed by atoms with Crippen LogP contribution in [0, 0.1) is 0 Å². The number of ether oxygens (including phenoxy) is 3. The third-order valence-corrected chi connectivity index (χ3v) is 17.5. The summed E-state index contributed by atoms with van der Waals surface area (Å²) in [5, 5.41) is 20.6. The van der Waals surface area contributed by atoms with E-state index in [-0.39, 0.29) is 19.3 Å². The van der Waals surface area contributed by atoms with Crippen LogP contribution in [0.5, 0.6) is 0 Å². The molecule has 4 N–H and O–H groups in total. The lowest BCUT2D eigenvalue weighted by Crippen LogP contribution is -2.30. The molecule has 0 aromatic heterocycles. The number of phosphoric ester groups is 2. The summed E-state index contributed by atoms with van der Waals surface area (Å²) in [7, 11) is -9.79. The molecule has 0 aliphatic carbocycles. The van der Waals surface area contributed by atoms with Gasteiger partial charge in [0, 0.05) is 19.3 Å². The Hall–Kier alpha value is -4.05. The van der Waals surface area contributed by atoms with Crippen molar-refractivity contribution in [2.45, 2.75) is 322 Å². The van der Waals surface area contributed by atoms with Gasteiger partial charge >= 0.3 is 33.6 Å². The second-order valence-corrected chi connectivity index (χ2v) is 28.0. The number of aliphatic hydroxyl groups excluding tert-OH is 2. The van der Waals surface area contributed by atoms with E-state index < -0.39 is 91.5 Å². The van der Waals surface area contributed by atoms with Gasteiger partial charge in [-0.3, -0.25) is 32.5 Å². The van der Waals surface area contributed by atoms with E-state index in [4.69, 9.17) is 32.3 Å². The molecule has 0 aromatic rings. The van der Waals surface area contributed by atoms with Gasteiger partial charge in [-0.15, -0.1) is 0 Å². The maximum Gasteiger partial charge on any atom is 0.472 e. The van der Waals surface area contributed by atoms with Crippen molar-refractivity contribution in [2.24, 2.45) is 0 Å². The molecule has 0 aliphatic rings. The molecule has 0 spiro atoms. The van der Waals surface area contributed by atoms with Crippen molar-refractivity contribution in [3.63, 3.8) is 0 Å². The SMILES string of the molecule is CC/C=C\C/C=C\C/C=C\C/C=C\C/C=C\CCCC(=O)OCC(COP(=O)(O)OCC(O)COP(=O)(O)OCC(O)COC(=O)CCCCCCCCCCCCCCCCCCC/C=C\C/C=C\C/C=C\C/C=C\CCCCC)OC(=O)CCCCCCC/C=C\CCCC. The standard InChI is InChI=1S/C79H136O16P2/c1-4-7-10-13-16-19-22-24-26-28-29-30-31-32-33-34-35-36-37-38-39-40-41-42-43-45-47-48-51-53-56-59-62-65-77(82)89-68-74(80)69-91-96(85,86)92-70-75(81)71-93-97(87,88)94-73-76(95-79(84)67-64-61-58-55-50-21-18-15-12-9-6-3)72-90-78(83)66-63-60-57-54-52-49-46-44-27-25-23-20-17-14-11-8-5-2/h8,11,15-20,24-27,29-30,32-33,46,49,54,57,74-76,80-81H,4-7,9-10,12-14,21-23,28,31,34-45,47-48,50-53,55-56,58-73H2,1-3H3,(H,85,86)(H,87,88)/b11-8-,18-15-,19-16-,20-17-,26-24-,27-25-,30-29-,33-32-,49-46-,57-54-. The molecule has 97 heavy (non-hydrogen) atoms. The van der Waals surface area contributed by atoms with Gasteiger partial charge in [-0.1, -0.05) is 284 Å². The molecule has 558 valence electrons. The van der Waals surface area contributed by atoms with Crippen molar-refractivity contribution in [3.8, 4) is 0 Å². The quantitative estimate of drug-likeness (QED) is 0.0146. The van der Waals surface area contributed by atoms with Gasteiger partial charge in [0.25, 0.3) is 0 Å². The molecule has 0 heterocycles. The normalized spacial score (nSPS) is 14.8. The molecule has 0 aromatic carbocycles. The molecule has 5 atom stereocenters. The Bertz CT molecular complexity index is 2250. The van der Waals surface area contributed by atoms with Crippen LogP contribution in [-0.4, -0.2) is 95.9 Å². The van der Waals surface area contributed by atoms with Gasteiger partial charge in [0.05, 0.1) is 26.4 Å². The molecule has 5 unspecified atom stereocenters. The van der Waals surface area contributed by atoms with E-state index in [2.05, 4.69) is 130 Å². The summed E-state index contributed by atoms with van der Waals surface area (Å²) in [6, 6.07) is 0. The van der Waals surface area contributed by atoms with Gasteiger partial charge in [-0.25, -0.2) is 9.13 Å². The first-order valence-electron chi connectivity index (χ1n) is 37.8. The third kappa shape index (κ3) is 73.0. The number of esters is 3. The minimum Gasteiger partial charge on any atom is -0.463 e. The molecule has 0 rings (SSSR count). The van der Waals surface area contributed by atoms with E-state index in [1.807, 2.05) is 12.2 Å². The minimum atomic E-state index is -4.94. The predicted molar refractivity (Wildman–Crippen MR) is 399 cm³/mol. The summed E-state index contributed by atoms with van der Waals surface area (Å²) < 4.78 is 60.8. The molecule has 18 heteroatoms. The number of carbonyl (C=O) groups excluding carboxylic acids is 3. The Morgan fingerprint density at radius 2 is 0.567 bits per heavy atom. The number of carbonyl (C=O) groups is 3. The van der Waals surface area contributed by atoms with E-state index in [1.165, 1.54) is 128 Å². The van der Waals surface area contributed by atoms with Gasteiger partial charge in [0.1, 0.15) is 25.4 Å². The summed E-state index contributed by atoms with van der Waals surface area (Å²) in [5.74, 6) is -1.65. The fraction of sp³-hybridized carbons (Fsp3) is 0.709.